The van der Waals surface area contributed by atoms with Crippen LogP contribution in [0.25, 0.3) is 6.08 Å². The second kappa shape index (κ2) is 6.94. The second-order valence-electron chi connectivity index (χ2n) is 5.56. The summed E-state index contributed by atoms with van der Waals surface area (Å²) < 4.78 is 10.8. The Bertz CT molecular complexity index is 589. The molecule has 0 aromatic heterocycles. The molecule has 1 aromatic carbocycles. The number of Topliss-reactive ketones (excluding diaryl/α,β-unsaturated/α-hetero) is 1. The third kappa shape index (κ3) is 4.09. The van der Waals surface area contributed by atoms with Gasteiger partial charge in [-0.1, -0.05) is 32.9 Å². The molecule has 0 saturated heterocycles. The van der Waals surface area contributed by atoms with Gasteiger partial charge in [-0.2, -0.15) is 5.26 Å². The van der Waals surface area contributed by atoms with Gasteiger partial charge in [-0.3, -0.25) is 4.79 Å². The van der Waals surface area contributed by atoms with E-state index in [2.05, 4.69) is 0 Å². The summed E-state index contributed by atoms with van der Waals surface area (Å²) in [6.07, 6.45) is 1.55. The summed E-state index contributed by atoms with van der Waals surface area (Å²) in [5.74, 6) is 0.914. The highest BCUT2D eigenvalue weighted by atomic mass is 16.5. The topological polar surface area (TPSA) is 59.3 Å². The van der Waals surface area contributed by atoms with Crippen LogP contribution in [0.3, 0.4) is 0 Å². The monoisotopic (exact) mass is 287 g/mol. The number of methoxy groups -OCH3 is 1. The Balaban J connectivity index is 3.33. The molecular weight excluding hydrogens is 266 g/mol. The smallest absolute Gasteiger partial charge is 0.178 e. The number of para-hydroxylation sites is 1. The van der Waals surface area contributed by atoms with Crippen molar-refractivity contribution in [1.82, 2.24) is 0 Å². The molecule has 4 nitrogen and oxygen atoms in total. The lowest BCUT2D eigenvalue weighted by atomic mass is 9.86. The van der Waals surface area contributed by atoms with Crippen molar-refractivity contribution in [1.29, 1.82) is 5.26 Å². The van der Waals surface area contributed by atoms with Gasteiger partial charge in [0.05, 0.1) is 19.3 Å². The molecule has 0 radical (unpaired) electrons. The Kier molecular flexibility index (Phi) is 5.54. The Morgan fingerprint density at radius 3 is 2.52 bits per heavy atom. The van der Waals surface area contributed by atoms with Crippen LogP contribution in [0.4, 0.5) is 0 Å². The summed E-state index contributed by atoms with van der Waals surface area (Å²) in [6, 6.07) is 7.35. The minimum atomic E-state index is -0.605. The minimum absolute atomic E-state index is 0.106. The summed E-state index contributed by atoms with van der Waals surface area (Å²) in [5, 5.41) is 9.25. The largest absolute Gasteiger partial charge is 0.492 e. The van der Waals surface area contributed by atoms with Crippen molar-refractivity contribution in [3.8, 4) is 17.6 Å². The number of ether oxygens (including phenoxy) is 2. The van der Waals surface area contributed by atoms with Crippen molar-refractivity contribution in [2.75, 3.05) is 13.7 Å². The maximum absolute atomic E-state index is 12.2. The van der Waals surface area contributed by atoms with Gasteiger partial charge in [-0.15, -0.1) is 0 Å². The molecule has 0 N–H and O–H groups in total. The summed E-state index contributed by atoms with van der Waals surface area (Å²) in [6.45, 7) is 7.75. The van der Waals surface area contributed by atoms with Gasteiger partial charge in [0.25, 0.3) is 0 Å². The highest BCUT2D eigenvalue weighted by molar-refractivity contribution is 6.06. The first-order chi connectivity index (χ1) is 9.85. The third-order valence-electron chi connectivity index (χ3n) is 2.86. The maximum atomic E-state index is 12.2. The van der Waals surface area contributed by atoms with Crippen LogP contribution >= 0.6 is 0 Å². The molecule has 0 amide bonds. The SMILES string of the molecule is CCOc1cccc(/C=C(\C#N)C(=O)C(C)(C)C)c1OC. The lowest BCUT2D eigenvalue weighted by Gasteiger charge is -2.16. The zero-order valence-corrected chi connectivity index (χ0v) is 13.2. The first-order valence-electron chi connectivity index (χ1n) is 6.81. The van der Waals surface area contributed by atoms with Gasteiger partial charge in [0.1, 0.15) is 6.07 Å². The fourth-order valence-corrected chi connectivity index (χ4v) is 1.84. The molecule has 0 aliphatic rings. The molecule has 0 unspecified atom stereocenters. The molecule has 21 heavy (non-hydrogen) atoms. The summed E-state index contributed by atoms with van der Waals surface area (Å²) in [5.41, 5.74) is 0.152. The van der Waals surface area contributed by atoms with Gasteiger partial charge in [0.2, 0.25) is 0 Å². The molecule has 4 heteroatoms. The van der Waals surface area contributed by atoms with Crippen LogP contribution in [0.5, 0.6) is 11.5 Å². The van der Waals surface area contributed by atoms with E-state index in [0.29, 0.717) is 23.7 Å². The predicted octanol–water partition coefficient (Wildman–Crippen LogP) is 3.62. The molecule has 0 saturated carbocycles. The summed E-state index contributed by atoms with van der Waals surface area (Å²) in [4.78, 5) is 12.2. The van der Waals surface area contributed by atoms with E-state index in [0.717, 1.165) is 0 Å². The van der Waals surface area contributed by atoms with Crippen molar-refractivity contribution >= 4 is 11.9 Å². The molecule has 1 aromatic rings. The van der Waals surface area contributed by atoms with Crippen molar-refractivity contribution in [3.63, 3.8) is 0 Å². The van der Waals surface area contributed by atoms with Crippen LogP contribution in [0.15, 0.2) is 23.8 Å². The number of rotatable bonds is 5. The Morgan fingerprint density at radius 1 is 1.38 bits per heavy atom. The Morgan fingerprint density at radius 2 is 2.05 bits per heavy atom. The summed E-state index contributed by atoms with van der Waals surface area (Å²) >= 11 is 0. The molecule has 112 valence electrons. The van der Waals surface area contributed by atoms with E-state index >= 15 is 0 Å². The van der Waals surface area contributed by atoms with Gasteiger partial charge in [-0.25, -0.2) is 0 Å². The molecule has 0 atom stereocenters. The number of hydrogen-bond donors (Lipinski definition) is 0. The third-order valence-corrected chi connectivity index (χ3v) is 2.86. The fraction of sp³-hybridized carbons (Fsp3) is 0.412. The lowest BCUT2D eigenvalue weighted by Crippen LogP contribution is -2.21. The van der Waals surface area contributed by atoms with Crippen LogP contribution in [-0.4, -0.2) is 19.5 Å². The van der Waals surface area contributed by atoms with E-state index in [1.54, 1.807) is 45.0 Å². The molecule has 0 aliphatic heterocycles. The second-order valence-corrected chi connectivity index (χ2v) is 5.56. The van der Waals surface area contributed by atoms with Crippen molar-refractivity contribution in [2.45, 2.75) is 27.7 Å². The molecular formula is C17H21NO3. The van der Waals surface area contributed by atoms with Crippen molar-refractivity contribution < 1.29 is 14.3 Å². The number of ketones is 1. The van der Waals surface area contributed by atoms with Crippen molar-refractivity contribution in [3.05, 3.63) is 29.3 Å². The Labute approximate surface area is 126 Å². The van der Waals surface area contributed by atoms with E-state index in [4.69, 9.17) is 9.47 Å². The summed E-state index contributed by atoms with van der Waals surface area (Å²) in [7, 11) is 1.53. The normalized spacial score (nSPS) is 11.7. The fourth-order valence-electron chi connectivity index (χ4n) is 1.84. The zero-order chi connectivity index (χ0) is 16.0. The van der Waals surface area contributed by atoms with Crippen LogP contribution in [-0.2, 0) is 4.79 Å². The molecule has 0 heterocycles. The van der Waals surface area contributed by atoms with E-state index in [1.807, 2.05) is 13.0 Å². The van der Waals surface area contributed by atoms with Crippen LogP contribution in [0.2, 0.25) is 0 Å². The van der Waals surface area contributed by atoms with Crippen LogP contribution in [0, 0.1) is 16.7 Å². The highest BCUT2D eigenvalue weighted by Crippen LogP contribution is 2.33. The molecule has 0 aliphatic carbocycles. The predicted molar refractivity (Wildman–Crippen MR) is 82.2 cm³/mol. The lowest BCUT2D eigenvalue weighted by molar-refractivity contribution is -0.121. The van der Waals surface area contributed by atoms with Crippen LogP contribution in [0.1, 0.15) is 33.3 Å². The van der Waals surface area contributed by atoms with E-state index < -0.39 is 5.41 Å². The van der Waals surface area contributed by atoms with Crippen LogP contribution < -0.4 is 9.47 Å². The molecule has 0 bridgehead atoms. The van der Waals surface area contributed by atoms with E-state index in [9.17, 15) is 10.1 Å². The zero-order valence-electron chi connectivity index (χ0n) is 13.2. The van der Waals surface area contributed by atoms with Gasteiger partial charge in [0.15, 0.2) is 17.3 Å². The van der Waals surface area contributed by atoms with Crippen molar-refractivity contribution in [2.24, 2.45) is 5.41 Å². The number of hydrogen-bond acceptors (Lipinski definition) is 4. The first kappa shape index (κ1) is 16.8. The minimum Gasteiger partial charge on any atom is -0.492 e. The van der Waals surface area contributed by atoms with E-state index in [-0.39, 0.29) is 11.4 Å². The number of allylic oxidation sites excluding steroid dienone is 1. The van der Waals surface area contributed by atoms with Gasteiger partial charge in [0, 0.05) is 11.0 Å². The van der Waals surface area contributed by atoms with Gasteiger partial charge >= 0.3 is 0 Å². The molecule has 1 rings (SSSR count). The van der Waals surface area contributed by atoms with Gasteiger partial charge < -0.3 is 9.47 Å². The number of nitrogens with zero attached hydrogens (tertiary/aromatic N) is 1. The highest BCUT2D eigenvalue weighted by Gasteiger charge is 2.25. The number of carbonyl (C=O) groups excluding carboxylic acids is 1. The molecule has 0 fully saturated rings. The van der Waals surface area contributed by atoms with E-state index in [1.165, 1.54) is 7.11 Å². The van der Waals surface area contributed by atoms with Gasteiger partial charge in [-0.05, 0) is 19.1 Å². The average Bonchev–Trinajstić information content (AvgIpc) is 2.43. The Hall–Kier alpha value is -2.28. The maximum Gasteiger partial charge on any atom is 0.178 e. The first-order valence-corrected chi connectivity index (χ1v) is 6.81. The molecule has 0 spiro atoms. The number of carbonyl (C=O) groups is 1. The average molecular weight is 287 g/mol. The number of nitriles is 1. The number of benzene rings is 1. The quantitative estimate of drug-likeness (QED) is 0.613. The standard InChI is InChI=1S/C17H21NO3/c1-6-21-14-9-7-8-12(15(14)20-5)10-13(11-18)16(19)17(2,3)4/h7-10H,6H2,1-5H3/b13-10+.